The lowest BCUT2D eigenvalue weighted by molar-refractivity contribution is 0.0599. The van der Waals surface area contributed by atoms with Crippen LogP contribution in [0.5, 0.6) is 0 Å². The summed E-state index contributed by atoms with van der Waals surface area (Å²) in [6.45, 7) is 0.320. The fourth-order valence-corrected chi connectivity index (χ4v) is 3.67. The summed E-state index contributed by atoms with van der Waals surface area (Å²) in [5, 5.41) is 0. The molecule has 1 N–H and O–H groups in total. The monoisotopic (exact) mass is 411 g/mol. The van der Waals surface area contributed by atoms with Crippen molar-refractivity contribution in [3.05, 3.63) is 64.1 Å². The highest BCUT2D eigenvalue weighted by atomic mass is 79.9. The summed E-state index contributed by atoms with van der Waals surface area (Å²) in [6, 6.07) is 14.1. The van der Waals surface area contributed by atoms with Crippen LogP contribution in [0.1, 0.15) is 22.3 Å². The molecule has 0 radical (unpaired) electrons. The molecule has 0 fully saturated rings. The van der Waals surface area contributed by atoms with Crippen LogP contribution in [0.3, 0.4) is 0 Å². The van der Waals surface area contributed by atoms with Crippen LogP contribution in [0, 0.1) is 0 Å². The van der Waals surface area contributed by atoms with Gasteiger partial charge < -0.3 is 4.74 Å². The molecule has 0 saturated heterocycles. The minimum atomic E-state index is -3.67. The molecule has 0 aliphatic carbocycles. The number of aryl methyl sites for hydroxylation is 1. The molecule has 0 heterocycles. The van der Waals surface area contributed by atoms with E-state index in [0.29, 0.717) is 17.4 Å². The summed E-state index contributed by atoms with van der Waals surface area (Å²) >= 11 is 3.21. The third kappa shape index (κ3) is 4.90. The van der Waals surface area contributed by atoms with Crippen molar-refractivity contribution in [1.82, 2.24) is 4.72 Å². The van der Waals surface area contributed by atoms with E-state index >= 15 is 0 Å². The first-order valence-corrected chi connectivity index (χ1v) is 9.63. The van der Waals surface area contributed by atoms with Crippen LogP contribution in [0.4, 0.5) is 0 Å². The number of ether oxygens (including phenoxy) is 1. The second-order valence-electron chi connectivity index (χ2n) is 5.12. The van der Waals surface area contributed by atoms with E-state index in [4.69, 9.17) is 0 Å². The molecule has 2 aromatic carbocycles. The molecule has 5 nitrogen and oxygen atoms in total. The zero-order valence-electron chi connectivity index (χ0n) is 13.2. The zero-order valence-corrected chi connectivity index (χ0v) is 15.6. The van der Waals surface area contributed by atoms with Gasteiger partial charge in [-0.1, -0.05) is 30.3 Å². The van der Waals surface area contributed by atoms with E-state index in [2.05, 4.69) is 25.4 Å². The number of benzene rings is 2. The highest BCUT2D eigenvalue weighted by Crippen LogP contribution is 2.21. The standard InChI is InChI=1S/C17H18BrNO4S/c1-23-17(20)15-12-14(9-10-16(15)18)24(21,22)19-11-5-8-13-6-3-2-4-7-13/h2-4,6-7,9-10,12,19H,5,8,11H2,1H3. The number of carbonyl (C=O) groups is 1. The van der Waals surface area contributed by atoms with Crippen LogP contribution < -0.4 is 4.72 Å². The largest absolute Gasteiger partial charge is 0.465 e. The molecule has 24 heavy (non-hydrogen) atoms. The molecule has 0 saturated carbocycles. The van der Waals surface area contributed by atoms with Crippen LogP contribution in [0.15, 0.2) is 57.9 Å². The van der Waals surface area contributed by atoms with Crippen LogP contribution in [0.2, 0.25) is 0 Å². The molecule has 7 heteroatoms. The average Bonchev–Trinajstić information content (AvgIpc) is 2.59. The molecule has 0 amide bonds. The van der Waals surface area contributed by atoms with Crippen LogP contribution >= 0.6 is 15.9 Å². The van der Waals surface area contributed by atoms with Gasteiger partial charge in [-0.3, -0.25) is 0 Å². The number of methoxy groups -OCH3 is 1. The smallest absolute Gasteiger partial charge is 0.339 e. The van der Waals surface area contributed by atoms with Gasteiger partial charge in [0.15, 0.2) is 0 Å². The second-order valence-corrected chi connectivity index (χ2v) is 7.74. The third-order valence-electron chi connectivity index (χ3n) is 3.43. The van der Waals surface area contributed by atoms with E-state index in [1.54, 1.807) is 0 Å². The van der Waals surface area contributed by atoms with E-state index in [-0.39, 0.29) is 10.5 Å². The quantitative estimate of drug-likeness (QED) is 0.560. The topological polar surface area (TPSA) is 72.5 Å². The van der Waals surface area contributed by atoms with Crippen LogP contribution in [-0.4, -0.2) is 28.0 Å². The maximum Gasteiger partial charge on any atom is 0.339 e. The first kappa shape index (κ1) is 18.6. The van der Waals surface area contributed by atoms with Gasteiger partial charge in [0.25, 0.3) is 0 Å². The van der Waals surface area contributed by atoms with Crippen molar-refractivity contribution in [3.63, 3.8) is 0 Å². The number of hydrogen-bond donors (Lipinski definition) is 1. The van der Waals surface area contributed by atoms with Gasteiger partial charge in [0.1, 0.15) is 0 Å². The van der Waals surface area contributed by atoms with Gasteiger partial charge in [0.05, 0.1) is 17.6 Å². The lowest BCUT2D eigenvalue weighted by Gasteiger charge is -2.09. The van der Waals surface area contributed by atoms with Gasteiger partial charge in [0, 0.05) is 11.0 Å². The van der Waals surface area contributed by atoms with Gasteiger partial charge in [-0.15, -0.1) is 0 Å². The Bertz CT molecular complexity index is 807. The fraction of sp³-hybridized carbons (Fsp3) is 0.235. The number of hydrogen-bond acceptors (Lipinski definition) is 4. The van der Waals surface area contributed by atoms with Crippen molar-refractivity contribution in [2.75, 3.05) is 13.7 Å². The molecule has 0 unspecified atom stereocenters. The number of nitrogens with one attached hydrogen (secondary N) is 1. The summed E-state index contributed by atoms with van der Waals surface area (Å²) in [7, 11) is -2.43. The Morgan fingerprint density at radius 3 is 2.54 bits per heavy atom. The predicted molar refractivity (Wildman–Crippen MR) is 95.4 cm³/mol. The summed E-state index contributed by atoms with van der Waals surface area (Å²) in [6.07, 6.45) is 1.47. The summed E-state index contributed by atoms with van der Waals surface area (Å²) in [5.74, 6) is -0.594. The number of esters is 1. The second kappa shape index (κ2) is 8.41. The average molecular weight is 412 g/mol. The number of sulfonamides is 1. The zero-order chi connectivity index (χ0) is 17.6. The van der Waals surface area contributed by atoms with Crippen molar-refractivity contribution in [3.8, 4) is 0 Å². The molecule has 2 rings (SSSR count). The molecular formula is C17H18BrNO4S. The lowest BCUT2D eigenvalue weighted by atomic mass is 10.1. The molecule has 2 aromatic rings. The molecule has 0 aromatic heterocycles. The molecular weight excluding hydrogens is 394 g/mol. The predicted octanol–water partition coefficient (Wildman–Crippen LogP) is 3.15. The Balaban J connectivity index is 2.01. The minimum absolute atomic E-state index is 0.0332. The molecule has 0 spiro atoms. The Morgan fingerprint density at radius 2 is 1.88 bits per heavy atom. The first-order valence-electron chi connectivity index (χ1n) is 7.35. The molecule has 0 aliphatic heterocycles. The van der Waals surface area contributed by atoms with E-state index in [1.165, 1.54) is 25.3 Å². The van der Waals surface area contributed by atoms with E-state index in [9.17, 15) is 13.2 Å². The lowest BCUT2D eigenvalue weighted by Crippen LogP contribution is -2.25. The van der Waals surface area contributed by atoms with E-state index in [0.717, 1.165) is 12.0 Å². The minimum Gasteiger partial charge on any atom is -0.465 e. The van der Waals surface area contributed by atoms with Crippen molar-refractivity contribution in [2.45, 2.75) is 17.7 Å². The van der Waals surface area contributed by atoms with Crippen LogP contribution in [0.25, 0.3) is 0 Å². The molecule has 0 aliphatic rings. The summed E-state index contributed by atoms with van der Waals surface area (Å²) in [4.78, 5) is 11.7. The van der Waals surface area contributed by atoms with Crippen LogP contribution in [-0.2, 0) is 21.2 Å². The highest BCUT2D eigenvalue weighted by Gasteiger charge is 2.18. The number of carbonyl (C=O) groups excluding carboxylic acids is 1. The van der Waals surface area contributed by atoms with E-state index in [1.807, 2.05) is 30.3 Å². The molecule has 128 valence electrons. The highest BCUT2D eigenvalue weighted by molar-refractivity contribution is 9.10. The SMILES string of the molecule is COC(=O)c1cc(S(=O)(=O)NCCCc2ccccc2)ccc1Br. The summed E-state index contributed by atoms with van der Waals surface area (Å²) in [5.41, 5.74) is 1.33. The van der Waals surface area contributed by atoms with Crippen molar-refractivity contribution in [2.24, 2.45) is 0 Å². The fourth-order valence-electron chi connectivity index (χ4n) is 2.16. The summed E-state index contributed by atoms with van der Waals surface area (Å²) < 4.78 is 32.4. The first-order chi connectivity index (χ1) is 11.4. The third-order valence-corrected chi connectivity index (χ3v) is 5.58. The van der Waals surface area contributed by atoms with Gasteiger partial charge in [-0.2, -0.15) is 0 Å². The Kier molecular flexibility index (Phi) is 6.53. The van der Waals surface area contributed by atoms with Gasteiger partial charge in [-0.05, 0) is 52.5 Å². The van der Waals surface area contributed by atoms with Gasteiger partial charge in [-0.25, -0.2) is 17.9 Å². The maximum atomic E-state index is 12.3. The van der Waals surface area contributed by atoms with Crippen molar-refractivity contribution >= 4 is 31.9 Å². The van der Waals surface area contributed by atoms with Gasteiger partial charge >= 0.3 is 5.97 Å². The number of halogens is 1. The Labute approximate surface area is 150 Å². The molecule has 0 bridgehead atoms. The molecule has 0 atom stereocenters. The van der Waals surface area contributed by atoms with Crippen molar-refractivity contribution < 1.29 is 17.9 Å². The number of rotatable bonds is 7. The maximum absolute atomic E-state index is 12.3. The Morgan fingerprint density at radius 1 is 1.17 bits per heavy atom. The normalized spacial score (nSPS) is 11.2. The van der Waals surface area contributed by atoms with E-state index < -0.39 is 16.0 Å². The van der Waals surface area contributed by atoms with Gasteiger partial charge in [0.2, 0.25) is 10.0 Å². The van der Waals surface area contributed by atoms with Crippen molar-refractivity contribution in [1.29, 1.82) is 0 Å². The Hall–Kier alpha value is -1.70.